The smallest absolute Gasteiger partial charge is 0.122 e. The fourth-order valence-electron chi connectivity index (χ4n) is 2.21. The Morgan fingerprint density at radius 3 is 2.42 bits per heavy atom. The molecule has 3 N–H and O–H groups in total. The summed E-state index contributed by atoms with van der Waals surface area (Å²) >= 11 is 0. The molecule has 0 spiro atoms. The van der Waals surface area contributed by atoms with Crippen LogP contribution in [0.3, 0.4) is 0 Å². The monoisotopic (exact) mass is 264 g/mol. The summed E-state index contributed by atoms with van der Waals surface area (Å²) in [7, 11) is 1.74. The fourth-order valence-corrected chi connectivity index (χ4v) is 2.21. The summed E-state index contributed by atoms with van der Waals surface area (Å²) in [5.74, 6) is 0.980. The van der Waals surface area contributed by atoms with Crippen molar-refractivity contribution >= 4 is 0 Å². The lowest BCUT2D eigenvalue weighted by Gasteiger charge is -2.28. The van der Waals surface area contributed by atoms with Gasteiger partial charge in [0, 0.05) is 17.5 Å². The van der Waals surface area contributed by atoms with Crippen LogP contribution in [0.1, 0.15) is 37.0 Å². The second-order valence-electron chi connectivity index (χ2n) is 5.84. The minimum atomic E-state index is 0.0401. The van der Waals surface area contributed by atoms with Gasteiger partial charge >= 0.3 is 0 Å². The lowest BCUT2D eigenvalue weighted by molar-refractivity contribution is 0.385. The topological polar surface area (TPSA) is 47.3 Å². The van der Waals surface area contributed by atoms with Crippen LogP contribution in [0.25, 0.3) is 0 Å². The van der Waals surface area contributed by atoms with Crippen LogP contribution in [0.15, 0.2) is 12.1 Å². The third kappa shape index (κ3) is 4.22. The van der Waals surface area contributed by atoms with Gasteiger partial charge in [-0.1, -0.05) is 19.9 Å². The van der Waals surface area contributed by atoms with Crippen LogP contribution >= 0.6 is 0 Å². The van der Waals surface area contributed by atoms with Crippen LogP contribution in [0, 0.1) is 13.8 Å². The normalized spacial score (nSPS) is 11.7. The number of methoxy groups -OCH3 is 1. The van der Waals surface area contributed by atoms with E-state index >= 15 is 0 Å². The molecule has 0 fully saturated rings. The molecule has 1 rings (SSSR count). The summed E-state index contributed by atoms with van der Waals surface area (Å²) < 4.78 is 5.55. The highest BCUT2D eigenvalue weighted by atomic mass is 16.5. The molecule has 0 aliphatic heterocycles. The van der Waals surface area contributed by atoms with Gasteiger partial charge in [-0.3, -0.25) is 0 Å². The van der Waals surface area contributed by atoms with Gasteiger partial charge in [0.1, 0.15) is 5.75 Å². The van der Waals surface area contributed by atoms with Crippen LogP contribution in [-0.4, -0.2) is 26.7 Å². The van der Waals surface area contributed by atoms with Crippen LogP contribution in [0.5, 0.6) is 5.75 Å². The molecule has 0 heterocycles. The van der Waals surface area contributed by atoms with E-state index in [1.807, 2.05) is 0 Å². The molecule has 1 aromatic carbocycles. The molecule has 0 atom stereocenters. The van der Waals surface area contributed by atoms with Crippen molar-refractivity contribution in [2.75, 3.05) is 26.7 Å². The van der Waals surface area contributed by atoms with Gasteiger partial charge in [-0.15, -0.1) is 0 Å². The van der Waals surface area contributed by atoms with Gasteiger partial charge in [-0.25, -0.2) is 0 Å². The molecule has 0 bridgehead atoms. The van der Waals surface area contributed by atoms with E-state index in [9.17, 15) is 0 Å². The summed E-state index contributed by atoms with van der Waals surface area (Å²) in [5.41, 5.74) is 9.40. The highest BCUT2D eigenvalue weighted by molar-refractivity contribution is 5.45. The zero-order chi connectivity index (χ0) is 14.5. The Hall–Kier alpha value is -1.06. The molecular formula is C16H28N2O. The molecule has 0 radical (unpaired) electrons. The first-order chi connectivity index (χ1) is 8.92. The van der Waals surface area contributed by atoms with Crippen LogP contribution < -0.4 is 15.8 Å². The van der Waals surface area contributed by atoms with Crippen molar-refractivity contribution in [3.8, 4) is 5.75 Å². The van der Waals surface area contributed by atoms with Gasteiger partial charge in [0.2, 0.25) is 0 Å². The molecule has 0 unspecified atom stereocenters. The van der Waals surface area contributed by atoms with E-state index in [-0.39, 0.29) is 5.41 Å². The van der Waals surface area contributed by atoms with Gasteiger partial charge in [0.25, 0.3) is 0 Å². The summed E-state index contributed by atoms with van der Waals surface area (Å²) in [6.07, 6.45) is 1.01. The minimum Gasteiger partial charge on any atom is -0.496 e. The zero-order valence-corrected chi connectivity index (χ0v) is 13.0. The van der Waals surface area contributed by atoms with Crippen molar-refractivity contribution in [3.05, 3.63) is 28.8 Å². The van der Waals surface area contributed by atoms with Crippen LogP contribution in [0.2, 0.25) is 0 Å². The summed E-state index contributed by atoms with van der Waals surface area (Å²) in [5, 5.41) is 3.47. The number of hydrogen-bond acceptors (Lipinski definition) is 3. The summed E-state index contributed by atoms with van der Waals surface area (Å²) in [4.78, 5) is 0. The number of rotatable bonds is 7. The Balaban J connectivity index is 2.89. The van der Waals surface area contributed by atoms with Gasteiger partial charge < -0.3 is 15.8 Å². The first-order valence-corrected chi connectivity index (χ1v) is 6.99. The van der Waals surface area contributed by atoms with Crippen LogP contribution in [0.4, 0.5) is 0 Å². The second kappa shape index (κ2) is 6.92. The standard InChI is InChI=1S/C16H28N2O/c1-12-9-14(15(19-5)10-13(12)2)16(3,4)11-18-8-6-7-17/h9-10,18H,6-8,11,17H2,1-5H3. The number of nitrogens with two attached hydrogens (primary N) is 1. The number of nitrogens with one attached hydrogen (secondary N) is 1. The molecule has 3 heteroatoms. The Morgan fingerprint density at radius 1 is 1.21 bits per heavy atom. The molecule has 19 heavy (non-hydrogen) atoms. The van der Waals surface area contributed by atoms with Crippen molar-refractivity contribution in [1.82, 2.24) is 5.32 Å². The Morgan fingerprint density at radius 2 is 1.84 bits per heavy atom. The first-order valence-electron chi connectivity index (χ1n) is 6.99. The summed E-state index contributed by atoms with van der Waals surface area (Å²) in [6.45, 7) is 11.4. The molecule has 0 aliphatic carbocycles. The van der Waals surface area contributed by atoms with Crippen LogP contribution in [-0.2, 0) is 5.41 Å². The average molecular weight is 264 g/mol. The van der Waals surface area contributed by atoms with E-state index in [1.54, 1.807) is 7.11 Å². The van der Waals surface area contributed by atoms with Crippen molar-refractivity contribution in [2.45, 2.75) is 39.5 Å². The molecular weight excluding hydrogens is 236 g/mol. The maximum Gasteiger partial charge on any atom is 0.122 e. The molecule has 0 amide bonds. The summed E-state index contributed by atoms with van der Waals surface area (Å²) in [6, 6.07) is 4.38. The predicted octanol–water partition coefficient (Wildman–Crippen LogP) is 2.53. The quantitative estimate of drug-likeness (QED) is 0.744. The molecule has 3 nitrogen and oxygen atoms in total. The zero-order valence-electron chi connectivity index (χ0n) is 13.0. The molecule has 0 aliphatic rings. The van der Waals surface area contributed by atoms with Crippen molar-refractivity contribution < 1.29 is 4.74 Å². The number of benzene rings is 1. The molecule has 0 saturated carbocycles. The second-order valence-corrected chi connectivity index (χ2v) is 5.84. The van der Waals surface area contributed by atoms with Crippen molar-refractivity contribution in [1.29, 1.82) is 0 Å². The molecule has 0 aromatic heterocycles. The SMILES string of the molecule is COc1cc(C)c(C)cc1C(C)(C)CNCCCN. The molecule has 108 valence electrons. The van der Waals surface area contributed by atoms with Gasteiger partial charge in [-0.2, -0.15) is 0 Å². The van der Waals surface area contributed by atoms with E-state index in [0.29, 0.717) is 0 Å². The first kappa shape index (κ1) is 16.0. The number of ether oxygens (including phenoxy) is 1. The fraction of sp³-hybridized carbons (Fsp3) is 0.625. The lowest BCUT2D eigenvalue weighted by atomic mass is 9.82. The third-order valence-corrected chi connectivity index (χ3v) is 3.67. The van der Waals surface area contributed by atoms with E-state index in [2.05, 4.69) is 45.1 Å². The van der Waals surface area contributed by atoms with Crippen molar-refractivity contribution in [2.24, 2.45) is 5.73 Å². The van der Waals surface area contributed by atoms with Crippen molar-refractivity contribution in [3.63, 3.8) is 0 Å². The maximum atomic E-state index is 5.55. The highest BCUT2D eigenvalue weighted by Crippen LogP contribution is 2.33. The van der Waals surface area contributed by atoms with E-state index in [0.717, 1.165) is 31.8 Å². The molecule has 1 aromatic rings. The predicted molar refractivity (Wildman–Crippen MR) is 82.0 cm³/mol. The highest BCUT2D eigenvalue weighted by Gasteiger charge is 2.24. The Kier molecular flexibility index (Phi) is 5.83. The van der Waals surface area contributed by atoms with Gasteiger partial charge in [0.15, 0.2) is 0 Å². The Labute approximate surface area is 117 Å². The maximum absolute atomic E-state index is 5.55. The Bertz CT molecular complexity index is 413. The lowest BCUT2D eigenvalue weighted by Crippen LogP contribution is -2.34. The molecule has 0 saturated heterocycles. The van der Waals surface area contributed by atoms with E-state index in [1.165, 1.54) is 16.7 Å². The van der Waals surface area contributed by atoms with Gasteiger partial charge in [-0.05, 0) is 50.6 Å². The van der Waals surface area contributed by atoms with E-state index in [4.69, 9.17) is 10.5 Å². The average Bonchev–Trinajstić information content (AvgIpc) is 2.37. The number of aryl methyl sites for hydroxylation is 2. The third-order valence-electron chi connectivity index (χ3n) is 3.67. The largest absolute Gasteiger partial charge is 0.496 e. The minimum absolute atomic E-state index is 0.0401. The number of hydrogen-bond donors (Lipinski definition) is 2. The van der Waals surface area contributed by atoms with Gasteiger partial charge in [0.05, 0.1) is 7.11 Å². The van der Waals surface area contributed by atoms with E-state index < -0.39 is 0 Å².